The van der Waals surface area contributed by atoms with Gasteiger partial charge in [0, 0.05) is 13.8 Å². The Balaban J connectivity index is -0.0000000231. The molecule has 0 spiro atoms. The van der Waals surface area contributed by atoms with Gasteiger partial charge in [0.15, 0.2) is 0 Å². The van der Waals surface area contributed by atoms with Gasteiger partial charge in [0.25, 0.3) is 0 Å². The molecule has 0 unspecified atom stereocenters. The first-order chi connectivity index (χ1) is 5.24. The van der Waals surface area contributed by atoms with E-state index in [0.29, 0.717) is 13.1 Å². The standard InChI is InChI=1S/2C3H5N.C2H7N.2CH4/c2*1-3-4-2;1-2-3;;/h2*3H2,1H3;2-3H2,1H3;2*1H4. The van der Waals surface area contributed by atoms with Crippen molar-refractivity contribution in [2.75, 3.05) is 19.6 Å². The zero-order valence-corrected chi connectivity index (χ0v) is 7.59. The van der Waals surface area contributed by atoms with Gasteiger partial charge in [-0.05, 0) is 6.54 Å². The Kier molecular flexibility index (Phi) is 159. The normalized spacial score (nSPS) is 4.46. The average molecular weight is 187 g/mol. The van der Waals surface area contributed by atoms with Crippen LogP contribution >= 0.6 is 0 Å². The molecule has 0 atom stereocenters. The molecule has 0 aromatic heterocycles. The summed E-state index contributed by atoms with van der Waals surface area (Å²) in [6.07, 6.45) is 0. The van der Waals surface area contributed by atoms with Gasteiger partial charge >= 0.3 is 0 Å². The molecule has 0 amide bonds. The first-order valence-electron chi connectivity index (χ1n) is 3.61. The number of hydrogen-bond acceptors (Lipinski definition) is 1. The van der Waals surface area contributed by atoms with E-state index < -0.39 is 0 Å². The largest absolute Gasteiger partial charge is 0.331 e. The highest BCUT2D eigenvalue weighted by molar-refractivity contribution is 4.47. The zero-order valence-electron chi connectivity index (χ0n) is 7.59. The zero-order chi connectivity index (χ0) is 9.54. The maximum atomic E-state index is 6.08. The van der Waals surface area contributed by atoms with Gasteiger partial charge < -0.3 is 15.4 Å². The van der Waals surface area contributed by atoms with Crippen LogP contribution in [0.15, 0.2) is 0 Å². The van der Waals surface area contributed by atoms with Crippen LogP contribution in [0.1, 0.15) is 35.6 Å². The van der Waals surface area contributed by atoms with Gasteiger partial charge in [-0.25, -0.2) is 13.1 Å². The van der Waals surface area contributed by atoms with Gasteiger partial charge in [-0.3, -0.25) is 0 Å². The van der Waals surface area contributed by atoms with E-state index in [4.69, 9.17) is 18.9 Å². The monoisotopic (exact) mass is 187 g/mol. The molecule has 13 heavy (non-hydrogen) atoms. The van der Waals surface area contributed by atoms with Crippen molar-refractivity contribution in [1.29, 1.82) is 0 Å². The fraction of sp³-hybridized carbons (Fsp3) is 0.800. The molecule has 0 fully saturated rings. The van der Waals surface area contributed by atoms with Crippen LogP contribution in [0.5, 0.6) is 0 Å². The predicted molar refractivity (Wildman–Crippen MR) is 62.5 cm³/mol. The Morgan fingerprint density at radius 2 is 1.00 bits per heavy atom. The molecule has 3 heteroatoms. The van der Waals surface area contributed by atoms with Crippen LogP contribution in [0, 0.1) is 13.1 Å². The number of nitrogens with two attached hydrogens (primary N) is 1. The lowest BCUT2D eigenvalue weighted by atomic mass is 10.8. The maximum absolute atomic E-state index is 6.08. The van der Waals surface area contributed by atoms with Crippen LogP contribution in [-0.2, 0) is 0 Å². The fourth-order valence-electron chi connectivity index (χ4n) is 0. The van der Waals surface area contributed by atoms with Crippen molar-refractivity contribution in [2.24, 2.45) is 5.73 Å². The minimum absolute atomic E-state index is 0. The second-order valence-electron chi connectivity index (χ2n) is 1.36. The molecule has 0 heterocycles. The molecule has 0 aromatic carbocycles. The van der Waals surface area contributed by atoms with E-state index in [2.05, 4.69) is 9.69 Å². The molecule has 0 radical (unpaired) electrons. The van der Waals surface area contributed by atoms with E-state index in [-0.39, 0.29) is 14.9 Å². The van der Waals surface area contributed by atoms with Crippen molar-refractivity contribution in [3.8, 4) is 0 Å². The number of rotatable bonds is 0. The highest BCUT2D eigenvalue weighted by Crippen LogP contribution is 1.53. The Bertz CT molecular complexity index is 94.3. The summed E-state index contributed by atoms with van der Waals surface area (Å²) in [6, 6.07) is 0. The number of nitrogens with zero attached hydrogens (tertiary/aromatic N) is 2. The fourth-order valence-corrected chi connectivity index (χ4v) is 0. The molecular formula is C10H25N3. The van der Waals surface area contributed by atoms with Gasteiger partial charge in [-0.15, -0.1) is 0 Å². The molecule has 0 rings (SSSR count). The van der Waals surface area contributed by atoms with Crippen LogP contribution in [0.4, 0.5) is 0 Å². The average Bonchev–Trinajstić information content (AvgIpc) is 2.06. The van der Waals surface area contributed by atoms with Crippen molar-refractivity contribution in [1.82, 2.24) is 0 Å². The van der Waals surface area contributed by atoms with Crippen LogP contribution in [0.25, 0.3) is 9.69 Å². The van der Waals surface area contributed by atoms with E-state index >= 15 is 0 Å². The molecule has 0 saturated carbocycles. The summed E-state index contributed by atoms with van der Waals surface area (Å²) in [7, 11) is 0. The second-order valence-corrected chi connectivity index (χ2v) is 1.36. The molecule has 3 nitrogen and oxygen atoms in total. The Labute approximate surface area is 84.6 Å². The van der Waals surface area contributed by atoms with Crippen LogP contribution in [-0.4, -0.2) is 19.6 Å². The minimum Gasteiger partial charge on any atom is -0.331 e. The summed E-state index contributed by atoms with van der Waals surface area (Å²) in [6.45, 7) is 19.7. The first kappa shape index (κ1) is 29.7. The number of hydrogen-bond donors (Lipinski definition) is 1. The molecule has 2 N–H and O–H groups in total. The van der Waals surface area contributed by atoms with Crippen LogP contribution < -0.4 is 5.73 Å². The summed E-state index contributed by atoms with van der Waals surface area (Å²) in [5.74, 6) is 0. The van der Waals surface area contributed by atoms with E-state index in [1.54, 1.807) is 0 Å². The highest BCUT2D eigenvalue weighted by Gasteiger charge is 1.50. The van der Waals surface area contributed by atoms with E-state index in [1.165, 1.54) is 0 Å². The van der Waals surface area contributed by atoms with Gasteiger partial charge in [0.2, 0.25) is 13.1 Å². The Hall–Kier alpha value is -1.06. The summed E-state index contributed by atoms with van der Waals surface area (Å²) < 4.78 is 0. The van der Waals surface area contributed by atoms with E-state index in [1.807, 2.05) is 20.8 Å². The molecule has 0 aliphatic heterocycles. The third-order valence-electron chi connectivity index (χ3n) is 0.316. The minimum atomic E-state index is 0. The Morgan fingerprint density at radius 1 is 0.923 bits per heavy atom. The third-order valence-corrected chi connectivity index (χ3v) is 0.316. The summed E-state index contributed by atoms with van der Waals surface area (Å²) >= 11 is 0. The molecule has 80 valence electrons. The SMILES string of the molecule is C.C.CCN.[C-]#[N+]CC.[C-]#[N+]CC. The second kappa shape index (κ2) is 69.6. The lowest BCUT2D eigenvalue weighted by molar-refractivity contribution is 1.14. The molecular weight excluding hydrogens is 162 g/mol. The summed E-state index contributed by atoms with van der Waals surface area (Å²) in [5.41, 5.74) is 4.85. The van der Waals surface area contributed by atoms with Gasteiger partial charge in [-0.1, -0.05) is 21.8 Å². The lowest BCUT2D eigenvalue weighted by Gasteiger charge is -1.53. The highest BCUT2D eigenvalue weighted by atomic mass is 14.6. The maximum Gasteiger partial charge on any atom is 0.211 e. The van der Waals surface area contributed by atoms with Gasteiger partial charge in [-0.2, -0.15) is 0 Å². The van der Waals surface area contributed by atoms with E-state index in [9.17, 15) is 0 Å². The quantitative estimate of drug-likeness (QED) is 0.581. The first-order valence-corrected chi connectivity index (χ1v) is 3.61. The van der Waals surface area contributed by atoms with Crippen molar-refractivity contribution in [3.63, 3.8) is 0 Å². The van der Waals surface area contributed by atoms with Gasteiger partial charge in [0.1, 0.15) is 0 Å². The topological polar surface area (TPSA) is 34.7 Å². The third kappa shape index (κ3) is 990. The van der Waals surface area contributed by atoms with Crippen LogP contribution in [0.3, 0.4) is 0 Å². The van der Waals surface area contributed by atoms with Crippen molar-refractivity contribution in [3.05, 3.63) is 22.8 Å². The van der Waals surface area contributed by atoms with Crippen molar-refractivity contribution >= 4 is 0 Å². The van der Waals surface area contributed by atoms with Crippen molar-refractivity contribution < 1.29 is 0 Å². The molecule has 0 aromatic rings. The van der Waals surface area contributed by atoms with Crippen LogP contribution in [0.2, 0.25) is 0 Å². The summed E-state index contributed by atoms with van der Waals surface area (Å²) in [4.78, 5) is 5.97. The predicted octanol–water partition coefficient (Wildman–Crippen LogP) is 3.09. The molecule has 0 aliphatic rings. The smallest absolute Gasteiger partial charge is 0.211 e. The van der Waals surface area contributed by atoms with Gasteiger partial charge in [0.05, 0.1) is 0 Å². The summed E-state index contributed by atoms with van der Waals surface area (Å²) in [5, 5.41) is 0. The Morgan fingerprint density at radius 3 is 1.00 bits per heavy atom. The molecule has 0 bridgehead atoms. The lowest BCUT2D eigenvalue weighted by Crippen LogP contribution is -1.87. The molecule has 0 saturated heterocycles. The van der Waals surface area contributed by atoms with E-state index in [0.717, 1.165) is 6.54 Å². The molecule has 0 aliphatic carbocycles. The van der Waals surface area contributed by atoms with Crippen molar-refractivity contribution in [2.45, 2.75) is 35.6 Å².